The van der Waals surface area contributed by atoms with E-state index in [-0.39, 0.29) is 17.7 Å². The predicted octanol–water partition coefficient (Wildman–Crippen LogP) is 1.32. The standard InChI is InChI=1S/C18H19N3O6/c1-16(2)17(3)8-9-18(16,13(23)12(17)22)15(25)20-19-14(24)10-4-6-11(7-5-10)21(26)27/h4-7H,8-9H2,1-3H3,(H,19,24)(H,20,25). The van der Waals surface area contributed by atoms with Gasteiger partial charge in [0.2, 0.25) is 11.6 Å². The third-order valence-corrected chi connectivity index (χ3v) is 6.56. The Morgan fingerprint density at radius 1 is 1.00 bits per heavy atom. The van der Waals surface area contributed by atoms with Crippen molar-refractivity contribution in [3.05, 3.63) is 39.9 Å². The van der Waals surface area contributed by atoms with Crippen LogP contribution < -0.4 is 10.9 Å². The van der Waals surface area contributed by atoms with Gasteiger partial charge in [-0.3, -0.25) is 40.1 Å². The summed E-state index contributed by atoms with van der Waals surface area (Å²) in [5.74, 6) is -2.67. The van der Waals surface area contributed by atoms with E-state index >= 15 is 0 Å². The van der Waals surface area contributed by atoms with Crippen LogP contribution in [-0.4, -0.2) is 28.3 Å². The van der Waals surface area contributed by atoms with Gasteiger partial charge in [-0.15, -0.1) is 0 Å². The van der Waals surface area contributed by atoms with Crippen molar-refractivity contribution >= 4 is 29.1 Å². The molecule has 2 aliphatic carbocycles. The van der Waals surface area contributed by atoms with Crippen molar-refractivity contribution < 1.29 is 24.1 Å². The van der Waals surface area contributed by atoms with E-state index < -0.39 is 44.5 Å². The summed E-state index contributed by atoms with van der Waals surface area (Å²) in [4.78, 5) is 60.0. The Morgan fingerprint density at radius 2 is 1.59 bits per heavy atom. The van der Waals surface area contributed by atoms with Crippen LogP contribution in [0.1, 0.15) is 44.0 Å². The fraction of sp³-hybridized carbons (Fsp3) is 0.444. The van der Waals surface area contributed by atoms with Crippen molar-refractivity contribution in [3.63, 3.8) is 0 Å². The molecule has 2 amide bonds. The molecule has 0 aliphatic heterocycles. The fourth-order valence-electron chi connectivity index (χ4n) is 4.30. The van der Waals surface area contributed by atoms with Crippen LogP contribution in [0.4, 0.5) is 5.69 Å². The average Bonchev–Trinajstić information content (AvgIpc) is 2.91. The van der Waals surface area contributed by atoms with Crippen LogP contribution in [0.15, 0.2) is 24.3 Å². The Morgan fingerprint density at radius 3 is 2.07 bits per heavy atom. The summed E-state index contributed by atoms with van der Waals surface area (Å²) in [5, 5.41) is 10.6. The molecule has 27 heavy (non-hydrogen) atoms. The summed E-state index contributed by atoms with van der Waals surface area (Å²) in [6.45, 7) is 5.14. The molecule has 9 heteroatoms. The molecule has 9 nitrogen and oxygen atoms in total. The zero-order valence-electron chi connectivity index (χ0n) is 15.1. The number of non-ortho nitro benzene ring substituents is 1. The summed E-state index contributed by atoms with van der Waals surface area (Å²) in [6.07, 6.45) is 0.661. The highest BCUT2D eigenvalue weighted by Gasteiger charge is 2.77. The first-order valence-corrected chi connectivity index (χ1v) is 8.43. The van der Waals surface area contributed by atoms with Gasteiger partial charge in [-0.25, -0.2) is 0 Å². The lowest BCUT2D eigenvalue weighted by Crippen LogP contribution is -2.55. The van der Waals surface area contributed by atoms with Crippen LogP contribution in [-0.2, 0) is 14.4 Å². The molecule has 3 rings (SSSR count). The zero-order chi connectivity index (χ0) is 20.2. The number of carbonyl (C=O) groups is 4. The van der Waals surface area contributed by atoms with Gasteiger partial charge in [0.1, 0.15) is 5.41 Å². The number of nitro groups is 1. The Bertz CT molecular complexity index is 891. The minimum atomic E-state index is -1.51. The molecule has 142 valence electrons. The molecule has 0 radical (unpaired) electrons. The molecule has 2 bridgehead atoms. The third-order valence-electron chi connectivity index (χ3n) is 6.56. The molecular formula is C18H19N3O6. The molecular weight excluding hydrogens is 354 g/mol. The normalized spacial score (nSPS) is 28.1. The summed E-state index contributed by atoms with van der Waals surface area (Å²) in [7, 11) is 0. The lowest BCUT2D eigenvalue weighted by atomic mass is 9.64. The summed E-state index contributed by atoms with van der Waals surface area (Å²) >= 11 is 0. The number of fused-ring (bicyclic) bond motifs is 2. The largest absolute Gasteiger partial charge is 0.290 e. The molecule has 1 aromatic carbocycles. The first-order chi connectivity index (χ1) is 12.5. The minimum Gasteiger partial charge on any atom is -0.290 e. The van der Waals surface area contributed by atoms with Gasteiger partial charge in [0.15, 0.2) is 0 Å². The zero-order valence-corrected chi connectivity index (χ0v) is 15.1. The molecule has 2 aliphatic rings. The summed E-state index contributed by atoms with van der Waals surface area (Å²) < 4.78 is 0. The van der Waals surface area contributed by atoms with Crippen molar-refractivity contribution in [1.29, 1.82) is 0 Å². The second-order valence-corrected chi connectivity index (χ2v) is 7.73. The van der Waals surface area contributed by atoms with E-state index in [1.807, 2.05) is 0 Å². The summed E-state index contributed by atoms with van der Waals surface area (Å²) in [5.41, 5.74) is 1.11. The van der Waals surface area contributed by atoms with E-state index in [2.05, 4.69) is 10.9 Å². The maximum absolute atomic E-state index is 12.8. The van der Waals surface area contributed by atoms with Gasteiger partial charge in [0.25, 0.3) is 17.5 Å². The van der Waals surface area contributed by atoms with Crippen LogP contribution in [0.25, 0.3) is 0 Å². The molecule has 1 aromatic rings. The Hall–Kier alpha value is -3.10. The lowest BCUT2D eigenvalue weighted by molar-refractivity contribution is -0.384. The quantitative estimate of drug-likeness (QED) is 0.355. The third kappa shape index (κ3) is 2.23. The van der Waals surface area contributed by atoms with Crippen LogP contribution in [0.2, 0.25) is 0 Å². The molecule has 2 N–H and O–H groups in total. The van der Waals surface area contributed by atoms with Gasteiger partial charge in [-0.2, -0.15) is 0 Å². The highest BCUT2D eigenvalue weighted by molar-refractivity contribution is 6.48. The van der Waals surface area contributed by atoms with Gasteiger partial charge in [-0.05, 0) is 30.4 Å². The second kappa shape index (κ2) is 5.70. The molecule has 0 heterocycles. The van der Waals surface area contributed by atoms with Crippen LogP contribution in [0, 0.1) is 26.4 Å². The first-order valence-electron chi connectivity index (χ1n) is 8.43. The number of Topliss-reactive ketones (excluding diaryl/α,β-unsaturated/α-hetero) is 2. The topological polar surface area (TPSA) is 135 Å². The van der Waals surface area contributed by atoms with Gasteiger partial charge in [-0.1, -0.05) is 20.8 Å². The van der Waals surface area contributed by atoms with E-state index in [0.717, 1.165) is 0 Å². The SMILES string of the molecule is CC12CCC(C(=O)NNC(=O)c3ccc([N+](=O)[O-])cc3)(C(=O)C1=O)C2(C)C. The molecule has 2 fully saturated rings. The van der Waals surface area contributed by atoms with Crippen molar-refractivity contribution in [2.75, 3.05) is 0 Å². The highest BCUT2D eigenvalue weighted by Crippen LogP contribution is 2.68. The van der Waals surface area contributed by atoms with E-state index in [0.29, 0.717) is 6.42 Å². The van der Waals surface area contributed by atoms with Crippen molar-refractivity contribution in [1.82, 2.24) is 10.9 Å². The molecule has 2 saturated carbocycles. The molecule has 0 aromatic heterocycles. The van der Waals surface area contributed by atoms with Gasteiger partial charge < -0.3 is 0 Å². The number of rotatable bonds is 3. The van der Waals surface area contributed by atoms with Crippen LogP contribution >= 0.6 is 0 Å². The maximum Gasteiger partial charge on any atom is 0.269 e. The molecule has 0 spiro atoms. The number of nitrogens with zero attached hydrogens (tertiary/aromatic N) is 1. The number of benzene rings is 1. The number of nitro benzene ring substituents is 1. The Kier molecular flexibility index (Phi) is 3.94. The van der Waals surface area contributed by atoms with Crippen LogP contribution in [0.5, 0.6) is 0 Å². The van der Waals surface area contributed by atoms with Crippen molar-refractivity contribution in [2.24, 2.45) is 16.2 Å². The minimum absolute atomic E-state index is 0.0998. The number of carbonyl (C=O) groups excluding carboxylic acids is 4. The number of hydrogen-bond acceptors (Lipinski definition) is 6. The smallest absolute Gasteiger partial charge is 0.269 e. The number of ketones is 2. The lowest BCUT2D eigenvalue weighted by Gasteiger charge is -2.36. The Balaban J connectivity index is 1.76. The van der Waals surface area contributed by atoms with E-state index in [9.17, 15) is 29.3 Å². The Labute approximate surface area is 154 Å². The maximum atomic E-state index is 12.8. The van der Waals surface area contributed by atoms with Gasteiger partial charge in [0.05, 0.1) is 4.92 Å². The molecule has 2 atom stereocenters. The molecule has 2 unspecified atom stereocenters. The number of amides is 2. The average molecular weight is 373 g/mol. The van der Waals surface area contributed by atoms with E-state index in [1.54, 1.807) is 20.8 Å². The van der Waals surface area contributed by atoms with E-state index in [4.69, 9.17) is 0 Å². The number of nitrogens with one attached hydrogen (secondary N) is 2. The first kappa shape index (κ1) is 18.7. The van der Waals surface area contributed by atoms with Crippen molar-refractivity contribution in [2.45, 2.75) is 33.6 Å². The second-order valence-electron chi connectivity index (χ2n) is 7.73. The van der Waals surface area contributed by atoms with E-state index in [1.165, 1.54) is 24.3 Å². The number of hydrogen-bond donors (Lipinski definition) is 2. The number of hydrazine groups is 1. The molecule has 0 saturated heterocycles. The summed E-state index contributed by atoms with van der Waals surface area (Å²) in [6, 6.07) is 4.83. The van der Waals surface area contributed by atoms with Crippen molar-refractivity contribution in [3.8, 4) is 0 Å². The van der Waals surface area contributed by atoms with Gasteiger partial charge >= 0.3 is 0 Å². The van der Waals surface area contributed by atoms with Crippen LogP contribution in [0.3, 0.4) is 0 Å². The predicted molar refractivity (Wildman–Crippen MR) is 92.3 cm³/mol. The van der Waals surface area contributed by atoms with Gasteiger partial charge in [0, 0.05) is 23.1 Å². The fourth-order valence-corrected chi connectivity index (χ4v) is 4.30. The monoisotopic (exact) mass is 373 g/mol. The highest BCUT2D eigenvalue weighted by atomic mass is 16.6.